The molecule has 0 amide bonds. The fourth-order valence-corrected chi connectivity index (χ4v) is 5.38. The number of phenols is 5. The van der Waals surface area contributed by atoms with Crippen LogP contribution in [-0.2, 0) is 24.0 Å². The van der Waals surface area contributed by atoms with Crippen LogP contribution in [0, 0.1) is 0 Å². The lowest BCUT2D eigenvalue weighted by Gasteiger charge is -2.17. The Morgan fingerprint density at radius 1 is 0.436 bits per heavy atom. The Bertz CT molecular complexity index is 2780. The van der Waals surface area contributed by atoms with Crippen molar-refractivity contribution < 1.29 is 73.2 Å². The van der Waals surface area contributed by atoms with Gasteiger partial charge in [0.15, 0.2) is 51.1 Å². The summed E-state index contributed by atoms with van der Waals surface area (Å²) in [6.07, 6.45) is 0. The number of fused-ring (bicyclic) bond motifs is 4. The van der Waals surface area contributed by atoms with Crippen molar-refractivity contribution in [1.82, 2.24) is 9.97 Å². The molecule has 284 valence electrons. The summed E-state index contributed by atoms with van der Waals surface area (Å²) in [5.41, 5.74) is -1.71. The monoisotopic (exact) mass is 760 g/mol. The largest absolute Gasteiger partial charge is 0.504 e. The van der Waals surface area contributed by atoms with Crippen molar-refractivity contribution in [2.24, 2.45) is 0 Å². The predicted octanol–water partition coefficient (Wildman–Crippen LogP) is 3.52. The molecule has 19 heteroatoms. The molecule has 6 rings (SSSR count). The van der Waals surface area contributed by atoms with Gasteiger partial charge in [-0.05, 0) is 36.4 Å². The lowest BCUT2D eigenvalue weighted by molar-refractivity contribution is -0.135. The zero-order valence-corrected chi connectivity index (χ0v) is 29.1. The first kappa shape index (κ1) is 38.4. The molecule has 0 radical (unpaired) electrons. The standard InChI is InChI=1S/C23H19NO11.C13H9NO6/c1-9(25)31-16-7-6-14-18(21(16)33-11(3)27)24-19-15(20(14)30)8-17(32-10(2)26)22(34-12(4)28)23(19)35-13(5)29;15-6-2-1-4-8(11(6)18)14-9-5(10(4)17)3-7(16)12(19)13(9)20/h6-8H,1-5H3,(H,24,30);1-3,15-16,18-20H,(H,14,17). The minimum Gasteiger partial charge on any atom is -0.504 e. The molecule has 0 aliphatic rings. The number of aromatic amines is 2. The van der Waals surface area contributed by atoms with Crippen molar-refractivity contribution in [3.8, 4) is 57.5 Å². The molecule has 6 aromatic rings. The van der Waals surface area contributed by atoms with Gasteiger partial charge in [0, 0.05) is 34.6 Å². The number of aromatic hydroxyl groups is 5. The van der Waals surface area contributed by atoms with E-state index in [0.29, 0.717) is 0 Å². The molecule has 55 heavy (non-hydrogen) atoms. The molecule has 0 bridgehead atoms. The highest BCUT2D eigenvalue weighted by Crippen LogP contribution is 2.45. The summed E-state index contributed by atoms with van der Waals surface area (Å²) < 4.78 is 25.8. The minimum absolute atomic E-state index is 0.00700. The first-order valence-corrected chi connectivity index (χ1v) is 15.6. The first-order valence-electron chi connectivity index (χ1n) is 15.6. The second-order valence-corrected chi connectivity index (χ2v) is 11.5. The molecule has 0 saturated carbocycles. The van der Waals surface area contributed by atoms with Crippen molar-refractivity contribution in [3.63, 3.8) is 0 Å². The van der Waals surface area contributed by atoms with Crippen molar-refractivity contribution in [2.45, 2.75) is 34.6 Å². The van der Waals surface area contributed by atoms with Crippen LogP contribution in [0.4, 0.5) is 0 Å². The van der Waals surface area contributed by atoms with Gasteiger partial charge in [0.2, 0.25) is 17.2 Å². The Morgan fingerprint density at radius 3 is 1.45 bits per heavy atom. The Hall–Kier alpha value is -7.83. The summed E-state index contributed by atoms with van der Waals surface area (Å²) in [7, 11) is 0. The Morgan fingerprint density at radius 2 is 0.873 bits per heavy atom. The SMILES string of the molecule is CC(=O)Oc1cc2c(=O)c3ccc(OC(C)=O)c(OC(C)=O)c3[nH]c2c(OC(C)=O)c1OC(C)=O.O=c1c2ccc(O)c(O)c2[nH]c2c(O)c(O)c(O)cc12. The Balaban J connectivity index is 0.000000244. The number of hydrogen-bond acceptors (Lipinski definition) is 17. The van der Waals surface area contributed by atoms with E-state index < -0.39 is 81.0 Å². The molecule has 0 fully saturated rings. The van der Waals surface area contributed by atoms with E-state index >= 15 is 0 Å². The van der Waals surface area contributed by atoms with Crippen LogP contribution in [0.1, 0.15) is 34.6 Å². The predicted molar refractivity (Wildman–Crippen MR) is 189 cm³/mol. The van der Waals surface area contributed by atoms with Gasteiger partial charge in [-0.3, -0.25) is 33.6 Å². The van der Waals surface area contributed by atoms with Crippen LogP contribution in [0.25, 0.3) is 43.6 Å². The third kappa shape index (κ3) is 7.42. The van der Waals surface area contributed by atoms with Crippen molar-refractivity contribution >= 4 is 73.5 Å². The van der Waals surface area contributed by atoms with E-state index in [0.717, 1.165) is 52.8 Å². The van der Waals surface area contributed by atoms with Gasteiger partial charge < -0.3 is 59.2 Å². The molecule has 2 heterocycles. The van der Waals surface area contributed by atoms with E-state index in [-0.39, 0.29) is 60.9 Å². The molecule has 19 nitrogen and oxygen atoms in total. The van der Waals surface area contributed by atoms with Crippen LogP contribution >= 0.6 is 0 Å². The van der Waals surface area contributed by atoms with Gasteiger partial charge >= 0.3 is 29.8 Å². The molecule has 0 saturated heterocycles. The topological polar surface area (TPSA) is 298 Å². The summed E-state index contributed by atoms with van der Waals surface area (Å²) >= 11 is 0. The van der Waals surface area contributed by atoms with Crippen LogP contribution in [0.5, 0.6) is 57.5 Å². The van der Waals surface area contributed by atoms with Crippen molar-refractivity contribution in [2.75, 3.05) is 0 Å². The van der Waals surface area contributed by atoms with Gasteiger partial charge in [-0.1, -0.05) is 0 Å². The average molecular weight is 761 g/mol. The molecule has 0 spiro atoms. The number of nitrogens with one attached hydrogen (secondary N) is 2. The number of H-pyrrole nitrogens is 2. The Kier molecular flexibility index (Phi) is 10.2. The number of rotatable bonds is 5. The molecule has 2 aromatic heterocycles. The van der Waals surface area contributed by atoms with Crippen LogP contribution < -0.4 is 34.5 Å². The minimum atomic E-state index is -0.852. The molecule has 0 atom stereocenters. The number of benzene rings is 4. The molecular weight excluding hydrogens is 732 g/mol. The number of aromatic nitrogens is 2. The van der Waals surface area contributed by atoms with E-state index in [1.165, 1.54) is 18.2 Å². The smallest absolute Gasteiger partial charge is 0.308 e. The number of ether oxygens (including phenoxy) is 5. The van der Waals surface area contributed by atoms with Crippen LogP contribution in [0.3, 0.4) is 0 Å². The van der Waals surface area contributed by atoms with Crippen LogP contribution in [0.2, 0.25) is 0 Å². The normalized spacial score (nSPS) is 10.8. The molecule has 0 aliphatic heterocycles. The number of phenolic OH excluding ortho intramolecular Hbond substituents is 5. The third-order valence-corrected chi connectivity index (χ3v) is 7.46. The average Bonchev–Trinajstić information content (AvgIpc) is 3.08. The highest BCUT2D eigenvalue weighted by Gasteiger charge is 2.27. The highest BCUT2D eigenvalue weighted by atomic mass is 16.6. The quantitative estimate of drug-likeness (QED) is 0.0572. The number of carbonyl (C=O) groups excluding carboxylic acids is 5. The fraction of sp³-hybridized carbons (Fsp3) is 0.139. The van der Waals surface area contributed by atoms with Crippen LogP contribution in [-0.4, -0.2) is 65.3 Å². The highest BCUT2D eigenvalue weighted by molar-refractivity contribution is 6.03. The number of pyridine rings is 2. The van der Waals surface area contributed by atoms with Gasteiger partial charge in [0.05, 0.1) is 43.6 Å². The zero-order valence-electron chi connectivity index (χ0n) is 29.1. The van der Waals surface area contributed by atoms with E-state index in [1.54, 1.807) is 0 Å². The van der Waals surface area contributed by atoms with E-state index in [4.69, 9.17) is 23.7 Å². The third-order valence-electron chi connectivity index (χ3n) is 7.46. The second-order valence-electron chi connectivity index (χ2n) is 11.5. The van der Waals surface area contributed by atoms with E-state index in [9.17, 15) is 59.1 Å². The Labute approximate surface area is 305 Å². The maximum absolute atomic E-state index is 13.4. The molecular formula is C36H28N2O17. The summed E-state index contributed by atoms with van der Waals surface area (Å²) in [5, 5.41) is 47.7. The maximum atomic E-state index is 13.4. The number of esters is 5. The van der Waals surface area contributed by atoms with E-state index in [1.807, 2.05) is 0 Å². The van der Waals surface area contributed by atoms with Crippen LogP contribution in [0.15, 0.2) is 46.0 Å². The fourth-order valence-electron chi connectivity index (χ4n) is 5.38. The van der Waals surface area contributed by atoms with Gasteiger partial charge in [-0.25, -0.2) is 0 Å². The second kappa shape index (κ2) is 14.7. The summed E-state index contributed by atoms with van der Waals surface area (Å²) in [6, 6.07) is 7.16. The van der Waals surface area contributed by atoms with E-state index in [2.05, 4.69) is 9.97 Å². The molecule has 7 N–H and O–H groups in total. The summed E-state index contributed by atoms with van der Waals surface area (Å²) in [6.45, 7) is 5.44. The number of carbonyl (C=O) groups is 5. The zero-order chi connectivity index (χ0) is 40.6. The summed E-state index contributed by atoms with van der Waals surface area (Å²) in [4.78, 5) is 89.6. The number of hydrogen-bond donors (Lipinski definition) is 7. The molecule has 0 aliphatic carbocycles. The lowest BCUT2D eigenvalue weighted by Crippen LogP contribution is -2.14. The van der Waals surface area contributed by atoms with Gasteiger partial charge in [-0.2, -0.15) is 0 Å². The summed E-state index contributed by atoms with van der Waals surface area (Å²) in [5.74, 6) is -8.80. The molecule has 4 aromatic carbocycles. The van der Waals surface area contributed by atoms with Gasteiger partial charge in [-0.15, -0.1) is 0 Å². The van der Waals surface area contributed by atoms with Crippen molar-refractivity contribution in [1.29, 1.82) is 0 Å². The van der Waals surface area contributed by atoms with Crippen molar-refractivity contribution in [3.05, 3.63) is 56.8 Å². The lowest BCUT2D eigenvalue weighted by atomic mass is 10.1. The molecule has 0 unspecified atom stereocenters. The maximum Gasteiger partial charge on any atom is 0.308 e. The van der Waals surface area contributed by atoms with Gasteiger partial charge in [0.25, 0.3) is 0 Å². The van der Waals surface area contributed by atoms with Gasteiger partial charge in [0.1, 0.15) is 0 Å². The first-order chi connectivity index (χ1) is 25.8.